The smallest absolute Gasteiger partial charge is 0.417 e. The standard InChI is InChI=1S/C28H27F3N2O6S/c29-28(30,31)24-12-6-7-13-25(24)40(36,37)32-26(34)23-11-5-4-10-22(23)16-21-17-33(14-15-38-18-21)27(35)39-19-20-8-2-1-3-9-20/h1-13,21H,14-19H2,(H,32,34)/t21-/m1/s1. The quantitative estimate of drug-likeness (QED) is 0.440. The average molecular weight is 577 g/mol. The van der Waals surface area contributed by atoms with E-state index in [0.717, 1.165) is 23.8 Å². The molecule has 8 nitrogen and oxygen atoms in total. The fraction of sp³-hybridized carbons (Fsp3) is 0.286. The first kappa shape index (κ1) is 29.1. The second-order valence-electron chi connectivity index (χ2n) is 9.22. The number of alkyl halides is 3. The number of carbonyl (C=O) groups is 2. The van der Waals surface area contributed by atoms with E-state index in [-0.39, 0.29) is 44.3 Å². The van der Waals surface area contributed by atoms with Crippen LogP contribution < -0.4 is 4.72 Å². The summed E-state index contributed by atoms with van der Waals surface area (Å²) in [5.74, 6) is -1.33. The van der Waals surface area contributed by atoms with Crippen LogP contribution in [0.5, 0.6) is 0 Å². The molecule has 0 unspecified atom stereocenters. The fourth-order valence-corrected chi connectivity index (χ4v) is 5.57. The number of nitrogens with one attached hydrogen (secondary N) is 1. The van der Waals surface area contributed by atoms with Crippen molar-refractivity contribution in [1.82, 2.24) is 9.62 Å². The molecule has 0 radical (unpaired) electrons. The van der Waals surface area contributed by atoms with Crippen molar-refractivity contribution in [3.8, 4) is 0 Å². The molecule has 0 bridgehead atoms. The van der Waals surface area contributed by atoms with Gasteiger partial charge >= 0.3 is 12.3 Å². The summed E-state index contributed by atoms with van der Waals surface area (Å²) in [5, 5.41) is 0. The predicted molar refractivity (Wildman–Crippen MR) is 139 cm³/mol. The van der Waals surface area contributed by atoms with E-state index >= 15 is 0 Å². The second kappa shape index (κ2) is 12.5. The number of amides is 2. The van der Waals surface area contributed by atoms with Gasteiger partial charge in [-0.15, -0.1) is 0 Å². The molecule has 12 heteroatoms. The Morgan fingerprint density at radius 1 is 0.975 bits per heavy atom. The summed E-state index contributed by atoms with van der Waals surface area (Å²) < 4.78 is 78.6. The Bertz CT molecular complexity index is 1450. The number of halogens is 3. The number of sulfonamides is 1. The Morgan fingerprint density at radius 2 is 1.65 bits per heavy atom. The van der Waals surface area contributed by atoms with Crippen LogP contribution in [0.4, 0.5) is 18.0 Å². The van der Waals surface area contributed by atoms with Crippen molar-refractivity contribution in [2.24, 2.45) is 5.92 Å². The number of nitrogens with zero attached hydrogens (tertiary/aromatic N) is 1. The summed E-state index contributed by atoms with van der Waals surface area (Å²) in [6, 6.07) is 19.0. The van der Waals surface area contributed by atoms with Gasteiger partial charge in [-0.25, -0.2) is 17.9 Å². The highest BCUT2D eigenvalue weighted by molar-refractivity contribution is 7.90. The molecule has 1 heterocycles. The molecule has 0 spiro atoms. The maximum Gasteiger partial charge on any atom is 0.417 e. The van der Waals surface area contributed by atoms with Crippen molar-refractivity contribution in [2.75, 3.05) is 26.3 Å². The highest BCUT2D eigenvalue weighted by Crippen LogP contribution is 2.34. The summed E-state index contributed by atoms with van der Waals surface area (Å²) in [7, 11) is -4.84. The lowest BCUT2D eigenvalue weighted by atomic mass is 9.95. The zero-order chi connectivity index (χ0) is 28.8. The number of hydrogen-bond acceptors (Lipinski definition) is 6. The third-order valence-electron chi connectivity index (χ3n) is 6.28. The SMILES string of the molecule is O=C(NS(=O)(=O)c1ccccc1C(F)(F)F)c1ccccc1C[C@H]1COCCN(C(=O)OCc2ccccc2)C1. The van der Waals surface area contributed by atoms with Gasteiger partial charge in [0.25, 0.3) is 15.9 Å². The number of carbonyl (C=O) groups excluding carboxylic acids is 2. The molecule has 40 heavy (non-hydrogen) atoms. The van der Waals surface area contributed by atoms with Crippen molar-refractivity contribution >= 4 is 22.0 Å². The van der Waals surface area contributed by atoms with Gasteiger partial charge in [-0.2, -0.15) is 13.2 Å². The van der Waals surface area contributed by atoms with Gasteiger partial charge in [-0.1, -0.05) is 60.7 Å². The molecule has 4 rings (SSSR count). The summed E-state index contributed by atoms with van der Waals surface area (Å²) >= 11 is 0. The summed E-state index contributed by atoms with van der Waals surface area (Å²) in [6.45, 7) is 1.24. The molecule has 0 aliphatic carbocycles. The van der Waals surface area contributed by atoms with E-state index in [2.05, 4.69) is 0 Å². The molecule has 212 valence electrons. The number of rotatable bonds is 7. The van der Waals surface area contributed by atoms with Gasteiger partial charge in [0.05, 0.1) is 23.7 Å². The van der Waals surface area contributed by atoms with E-state index in [1.807, 2.05) is 30.3 Å². The molecule has 0 saturated carbocycles. The van der Waals surface area contributed by atoms with Gasteiger partial charge < -0.3 is 14.4 Å². The molecule has 2 amide bonds. The molecular weight excluding hydrogens is 549 g/mol. The lowest BCUT2D eigenvalue weighted by Crippen LogP contribution is -2.37. The van der Waals surface area contributed by atoms with E-state index < -0.39 is 38.7 Å². The van der Waals surface area contributed by atoms with Crippen LogP contribution in [0.15, 0.2) is 83.8 Å². The third-order valence-corrected chi connectivity index (χ3v) is 7.67. The van der Waals surface area contributed by atoms with Gasteiger partial charge in [0.2, 0.25) is 0 Å². The minimum Gasteiger partial charge on any atom is -0.445 e. The summed E-state index contributed by atoms with van der Waals surface area (Å²) in [5.41, 5.74) is -0.102. The van der Waals surface area contributed by atoms with E-state index in [4.69, 9.17) is 9.47 Å². The highest BCUT2D eigenvalue weighted by Gasteiger charge is 2.37. The predicted octanol–water partition coefficient (Wildman–Crippen LogP) is 4.65. The monoisotopic (exact) mass is 576 g/mol. The lowest BCUT2D eigenvalue weighted by molar-refractivity contribution is -0.139. The topological polar surface area (TPSA) is 102 Å². The van der Waals surface area contributed by atoms with Crippen molar-refractivity contribution in [2.45, 2.75) is 24.1 Å². The first-order valence-corrected chi connectivity index (χ1v) is 13.9. The maximum atomic E-state index is 13.4. The van der Waals surface area contributed by atoms with E-state index in [1.165, 1.54) is 17.0 Å². The summed E-state index contributed by atoms with van der Waals surface area (Å²) in [4.78, 5) is 26.2. The van der Waals surface area contributed by atoms with Gasteiger partial charge in [0.1, 0.15) is 6.61 Å². The van der Waals surface area contributed by atoms with Crippen molar-refractivity contribution in [1.29, 1.82) is 0 Å². The Morgan fingerprint density at radius 3 is 2.40 bits per heavy atom. The molecule has 1 aliphatic rings. The van der Waals surface area contributed by atoms with E-state index in [1.54, 1.807) is 16.9 Å². The van der Waals surface area contributed by atoms with Crippen molar-refractivity contribution in [3.63, 3.8) is 0 Å². The van der Waals surface area contributed by atoms with Crippen molar-refractivity contribution in [3.05, 3.63) is 101 Å². The minimum atomic E-state index is -4.93. The molecular formula is C28H27F3N2O6S. The largest absolute Gasteiger partial charge is 0.445 e. The minimum absolute atomic E-state index is 0.0157. The van der Waals surface area contributed by atoms with Gasteiger partial charge in [0.15, 0.2) is 0 Å². The molecule has 3 aromatic rings. The molecule has 1 atom stereocenters. The summed E-state index contributed by atoms with van der Waals surface area (Å²) in [6.07, 6.45) is -5.20. The fourth-order valence-electron chi connectivity index (χ4n) is 4.38. The van der Waals surface area contributed by atoms with Crippen LogP contribution in [-0.2, 0) is 38.7 Å². The van der Waals surface area contributed by atoms with Crippen LogP contribution >= 0.6 is 0 Å². The maximum absolute atomic E-state index is 13.4. The van der Waals surface area contributed by atoms with Crippen LogP contribution in [0.2, 0.25) is 0 Å². The molecule has 0 aromatic heterocycles. The van der Waals surface area contributed by atoms with E-state index in [9.17, 15) is 31.2 Å². The van der Waals surface area contributed by atoms with Gasteiger partial charge in [-0.05, 0) is 35.7 Å². The van der Waals surface area contributed by atoms with Gasteiger partial charge in [-0.3, -0.25) is 4.79 Å². The Balaban J connectivity index is 1.46. The van der Waals surface area contributed by atoms with Crippen LogP contribution in [-0.4, -0.2) is 51.6 Å². The Kier molecular flexibility index (Phi) is 9.10. The second-order valence-corrected chi connectivity index (χ2v) is 10.9. The first-order chi connectivity index (χ1) is 19.0. The zero-order valence-corrected chi connectivity index (χ0v) is 22.1. The molecule has 1 fully saturated rings. The Hall–Kier alpha value is -3.90. The van der Waals surface area contributed by atoms with Crippen LogP contribution in [0.25, 0.3) is 0 Å². The lowest BCUT2D eigenvalue weighted by Gasteiger charge is -2.23. The highest BCUT2D eigenvalue weighted by atomic mass is 32.2. The zero-order valence-electron chi connectivity index (χ0n) is 21.3. The number of ether oxygens (including phenoxy) is 2. The first-order valence-electron chi connectivity index (χ1n) is 12.4. The van der Waals surface area contributed by atoms with Gasteiger partial charge in [0, 0.05) is 24.6 Å². The van der Waals surface area contributed by atoms with E-state index in [0.29, 0.717) is 18.2 Å². The third kappa shape index (κ3) is 7.39. The number of hydrogen-bond donors (Lipinski definition) is 1. The van der Waals surface area contributed by atoms with Crippen molar-refractivity contribution < 1.29 is 40.7 Å². The normalized spacial score (nSPS) is 16.2. The molecule has 3 aromatic carbocycles. The molecule has 1 N–H and O–H groups in total. The average Bonchev–Trinajstić information content (AvgIpc) is 3.17. The van der Waals surface area contributed by atoms with Crippen LogP contribution in [0.3, 0.4) is 0 Å². The van der Waals surface area contributed by atoms with Crippen LogP contribution in [0, 0.1) is 5.92 Å². The number of benzene rings is 3. The molecule has 1 aliphatic heterocycles. The Labute approximate surface area is 229 Å². The van der Waals surface area contributed by atoms with Crippen LogP contribution in [0.1, 0.15) is 27.0 Å². The molecule has 1 saturated heterocycles.